The molecule has 0 spiro atoms. The smallest absolute Gasteiger partial charge is 0.225 e. The molecule has 7 heteroatoms. The van der Waals surface area contributed by atoms with Crippen molar-refractivity contribution < 1.29 is 14.2 Å². The molecule has 0 unspecified atom stereocenters. The van der Waals surface area contributed by atoms with E-state index in [0.29, 0.717) is 29.2 Å². The number of hydrogen-bond acceptors (Lipinski definition) is 7. The minimum Gasteiger partial charge on any atom is -0.493 e. The summed E-state index contributed by atoms with van der Waals surface area (Å²) >= 11 is 0. The number of aromatic nitrogens is 2. The lowest BCUT2D eigenvalue weighted by Crippen LogP contribution is -2.16. The van der Waals surface area contributed by atoms with Gasteiger partial charge < -0.3 is 25.3 Å². The number of methoxy groups -OCH3 is 2. The maximum atomic E-state index is 6.04. The summed E-state index contributed by atoms with van der Waals surface area (Å²) in [6.07, 6.45) is 1.06. The van der Waals surface area contributed by atoms with Crippen LogP contribution in [0.3, 0.4) is 0 Å². The molecule has 1 fully saturated rings. The molecule has 3 N–H and O–H groups in total. The van der Waals surface area contributed by atoms with Crippen LogP contribution in [-0.2, 0) is 4.74 Å². The predicted octanol–water partition coefficient (Wildman–Crippen LogP) is 1.68. The zero-order chi connectivity index (χ0) is 15.5. The minimum absolute atomic E-state index is 0.413. The van der Waals surface area contributed by atoms with Crippen LogP contribution in [0, 0.1) is 5.92 Å². The van der Waals surface area contributed by atoms with Crippen molar-refractivity contribution >= 4 is 22.7 Å². The first-order valence-electron chi connectivity index (χ1n) is 7.22. The van der Waals surface area contributed by atoms with Gasteiger partial charge in [0.25, 0.3) is 0 Å². The summed E-state index contributed by atoms with van der Waals surface area (Å²) in [5.41, 5.74) is 6.76. The molecule has 1 saturated heterocycles. The number of benzene rings is 1. The van der Waals surface area contributed by atoms with Crippen molar-refractivity contribution in [2.45, 2.75) is 6.42 Å². The maximum Gasteiger partial charge on any atom is 0.225 e. The molecule has 1 aromatic heterocycles. The lowest BCUT2D eigenvalue weighted by molar-refractivity contribution is 0.187. The molecule has 0 aliphatic carbocycles. The summed E-state index contributed by atoms with van der Waals surface area (Å²) in [5, 5.41) is 3.97. The van der Waals surface area contributed by atoms with Gasteiger partial charge in [-0.2, -0.15) is 4.98 Å². The van der Waals surface area contributed by atoms with Gasteiger partial charge in [-0.25, -0.2) is 4.98 Å². The third kappa shape index (κ3) is 2.85. The van der Waals surface area contributed by atoms with Gasteiger partial charge in [0.1, 0.15) is 5.82 Å². The number of nitrogens with zero attached hydrogens (tertiary/aromatic N) is 2. The average molecular weight is 304 g/mol. The van der Waals surface area contributed by atoms with Crippen LogP contribution in [0.15, 0.2) is 12.1 Å². The van der Waals surface area contributed by atoms with Gasteiger partial charge in [0.05, 0.1) is 26.3 Å². The predicted molar refractivity (Wildman–Crippen MR) is 84.5 cm³/mol. The second kappa shape index (κ2) is 6.23. The Bertz CT molecular complexity index is 671. The van der Waals surface area contributed by atoms with Crippen LogP contribution in [0.5, 0.6) is 11.5 Å². The van der Waals surface area contributed by atoms with E-state index in [-0.39, 0.29) is 0 Å². The molecule has 7 nitrogen and oxygen atoms in total. The maximum absolute atomic E-state index is 6.04. The number of anilines is 2. The molecule has 1 aromatic carbocycles. The topological polar surface area (TPSA) is 91.5 Å². The standard InChI is InChI=1S/C15H20N4O3/c1-20-12-5-10-11(6-13(12)21-2)18-15(19-14(10)16)17-7-9-3-4-22-8-9/h5-6,9H,3-4,7-8H2,1-2H3,(H3,16,17,18,19)/t9-/m1/s1. The molecular weight excluding hydrogens is 284 g/mol. The van der Waals surface area contributed by atoms with Crippen molar-refractivity contribution in [3.8, 4) is 11.5 Å². The largest absolute Gasteiger partial charge is 0.493 e. The molecule has 0 bridgehead atoms. The molecule has 0 radical (unpaired) electrons. The average Bonchev–Trinajstić information content (AvgIpc) is 3.05. The number of nitrogen functional groups attached to an aromatic ring is 1. The van der Waals surface area contributed by atoms with Crippen LogP contribution in [0.2, 0.25) is 0 Å². The molecule has 22 heavy (non-hydrogen) atoms. The molecule has 2 aromatic rings. The number of nitrogens with one attached hydrogen (secondary N) is 1. The van der Waals surface area contributed by atoms with E-state index in [1.165, 1.54) is 0 Å². The van der Waals surface area contributed by atoms with E-state index in [4.69, 9.17) is 19.9 Å². The molecule has 1 atom stereocenters. The van der Waals surface area contributed by atoms with E-state index < -0.39 is 0 Å². The lowest BCUT2D eigenvalue weighted by atomic mass is 10.1. The number of nitrogens with two attached hydrogens (primary N) is 1. The van der Waals surface area contributed by atoms with Crippen molar-refractivity contribution in [3.05, 3.63) is 12.1 Å². The Hall–Kier alpha value is -2.28. The van der Waals surface area contributed by atoms with Gasteiger partial charge in [-0.1, -0.05) is 0 Å². The van der Waals surface area contributed by atoms with Gasteiger partial charge in [0.2, 0.25) is 5.95 Å². The molecule has 2 heterocycles. The molecule has 118 valence electrons. The molecule has 0 saturated carbocycles. The normalized spacial score (nSPS) is 17.6. The number of hydrogen-bond donors (Lipinski definition) is 2. The summed E-state index contributed by atoms with van der Waals surface area (Å²) in [6.45, 7) is 2.38. The highest BCUT2D eigenvalue weighted by Crippen LogP contribution is 2.33. The zero-order valence-electron chi connectivity index (χ0n) is 12.8. The molecule has 0 amide bonds. The summed E-state index contributed by atoms with van der Waals surface area (Å²) < 4.78 is 15.9. The zero-order valence-corrected chi connectivity index (χ0v) is 12.8. The first kappa shape index (κ1) is 14.6. The fourth-order valence-electron chi connectivity index (χ4n) is 2.54. The first-order chi connectivity index (χ1) is 10.7. The van der Waals surface area contributed by atoms with Crippen LogP contribution >= 0.6 is 0 Å². The summed E-state index contributed by atoms with van der Waals surface area (Å²) in [5.74, 6) is 2.64. The Morgan fingerprint density at radius 1 is 1.27 bits per heavy atom. The van der Waals surface area contributed by atoms with E-state index in [9.17, 15) is 0 Å². The number of fused-ring (bicyclic) bond motifs is 1. The molecule has 1 aliphatic rings. The Morgan fingerprint density at radius 3 is 2.73 bits per heavy atom. The van der Waals surface area contributed by atoms with E-state index in [1.54, 1.807) is 26.4 Å². The van der Waals surface area contributed by atoms with Crippen LogP contribution in [0.1, 0.15) is 6.42 Å². The van der Waals surface area contributed by atoms with E-state index in [1.807, 2.05) is 0 Å². The molecule has 3 rings (SSSR count). The van der Waals surface area contributed by atoms with Crippen LogP contribution in [0.4, 0.5) is 11.8 Å². The van der Waals surface area contributed by atoms with E-state index >= 15 is 0 Å². The number of ether oxygens (including phenoxy) is 3. The van der Waals surface area contributed by atoms with Crippen molar-refractivity contribution in [3.63, 3.8) is 0 Å². The summed E-state index contributed by atoms with van der Waals surface area (Å²) in [7, 11) is 3.17. The van der Waals surface area contributed by atoms with Gasteiger partial charge in [0, 0.05) is 30.5 Å². The monoisotopic (exact) mass is 304 g/mol. The summed E-state index contributed by atoms with van der Waals surface area (Å²) in [4.78, 5) is 8.81. The number of rotatable bonds is 5. The highest BCUT2D eigenvalue weighted by atomic mass is 16.5. The van der Waals surface area contributed by atoms with Crippen molar-refractivity contribution in [2.24, 2.45) is 5.92 Å². The Kier molecular flexibility index (Phi) is 4.15. The van der Waals surface area contributed by atoms with E-state index in [2.05, 4.69) is 15.3 Å². The quantitative estimate of drug-likeness (QED) is 0.868. The van der Waals surface area contributed by atoms with Gasteiger partial charge >= 0.3 is 0 Å². The van der Waals surface area contributed by atoms with Crippen LogP contribution < -0.4 is 20.5 Å². The highest BCUT2D eigenvalue weighted by Gasteiger charge is 2.16. The van der Waals surface area contributed by atoms with E-state index in [0.717, 1.165) is 37.1 Å². The van der Waals surface area contributed by atoms with Gasteiger partial charge in [0.15, 0.2) is 11.5 Å². The highest BCUT2D eigenvalue weighted by molar-refractivity contribution is 5.91. The SMILES string of the molecule is COc1cc2nc(NC[C@H]3CCOC3)nc(N)c2cc1OC. The first-order valence-corrected chi connectivity index (χ1v) is 7.22. The van der Waals surface area contributed by atoms with Crippen molar-refractivity contribution in [2.75, 3.05) is 45.0 Å². The van der Waals surface area contributed by atoms with Gasteiger partial charge in [-0.3, -0.25) is 0 Å². The second-order valence-corrected chi connectivity index (χ2v) is 5.27. The van der Waals surface area contributed by atoms with Crippen molar-refractivity contribution in [1.29, 1.82) is 0 Å². The van der Waals surface area contributed by atoms with Crippen LogP contribution in [-0.4, -0.2) is 43.9 Å². The Morgan fingerprint density at radius 2 is 2.05 bits per heavy atom. The summed E-state index contributed by atoms with van der Waals surface area (Å²) in [6, 6.07) is 3.59. The fraction of sp³-hybridized carbons (Fsp3) is 0.467. The Balaban J connectivity index is 1.89. The Labute approximate surface area is 128 Å². The second-order valence-electron chi connectivity index (χ2n) is 5.27. The van der Waals surface area contributed by atoms with Gasteiger partial charge in [-0.05, 0) is 12.5 Å². The lowest BCUT2D eigenvalue weighted by Gasteiger charge is -2.13. The third-order valence-corrected chi connectivity index (χ3v) is 3.80. The minimum atomic E-state index is 0.413. The third-order valence-electron chi connectivity index (χ3n) is 3.80. The van der Waals surface area contributed by atoms with Gasteiger partial charge in [-0.15, -0.1) is 0 Å². The fourth-order valence-corrected chi connectivity index (χ4v) is 2.54. The molecular formula is C15H20N4O3. The molecule has 1 aliphatic heterocycles. The van der Waals surface area contributed by atoms with Crippen LogP contribution in [0.25, 0.3) is 10.9 Å². The van der Waals surface area contributed by atoms with Crippen molar-refractivity contribution in [1.82, 2.24) is 9.97 Å².